The summed E-state index contributed by atoms with van der Waals surface area (Å²) in [6.45, 7) is 3.93. The average molecular weight is 376 g/mol. The van der Waals surface area contributed by atoms with Gasteiger partial charge in [-0.3, -0.25) is 9.59 Å². The van der Waals surface area contributed by atoms with E-state index in [1.165, 1.54) is 0 Å². The summed E-state index contributed by atoms with van der Waals surface area (Å²) in [5, 5.41) is 0. The van der Waals surface area contributed by atoms with E-state index in [0.717, 1.165) is 24.3 Å². The first kappa shape index (κ1) is 17.6. The standard InChI is InChI=1S/C24H24O4/c1-2-22(25)18-9-15(23(26)10-16-20-11-27-12-21(16)20)8-17-19(13-28-24(17)18)14-6-4-3-5-7-14/h3-9,16,19-21H,2,10-13H2,1H3/t16?,19?,20-,21+. The quantitative estimate of drug-likeness (QED) is 0.707. The topological polar surface area (TPSA) is 52.6 Å². The van der Waals surface area contributed by atoms with E-state index in [2.05, 4.69) is 12.1 Å². The van der Waals surface area contributed by atoms with Gasteiger partial charge in [0, 0.05) is 29.9 Å². The van der Waals surface area contributed by atoms with E-state index in [-0.39, 0.29) is 17.5 Å². The summed E-state index contributed by atoms with van der Waals surface area (Å²) in [5.74, 6) is 2.42. The fourth-order valence-corrected chi connectivity index (χ4v) is 4.84. The summed E-state index contributed by atoms with van der Waals surface area (Å²) in [7, 11) is 0. The number of Topliss-reactive ketones (excluding diaryl/α,β-unsaturated/α-hetero) is 2. The Morgan fingerprint density at radius 1 is 1.00 bits per heavy atom. The van der Waals surface area contributed by atoms with Gasteiger partial charge in [-0.25, -0.2) is 0 Å². The van der Waals surface area contributed by atoms with Crippen LogP contribution in [0.3, 0.4) is 0 Å². The SMILES string of the molecule is CCC(=O)c1cc(C(=O)CC2[C@H]3COC[C@@H]23)cc2c1OCC2c1ccccc1. The van der Waals surface area contributed by atoms with E-state index in [9.17, 15) is 9.59 Å². The molecule has 1 saturated carbocycles. The lowest BCUT2D eigenvalue weighted by molar-refractivity contribution is 0.0951. The van der Waals surface area contributed by atoms with Gasteiger partial charge in [-0.15, -0.1) is 0 Å². The van der Waals surface area contributed by atoms with E-state index in [0.29, 0.717) is 54.1 Å². The summed E-state index contributed by atoms with van der Waals surface area (Å²) in [5.41, 5.74) is 3.32. The van der Waals surface area contributed by atoms with Crippen molar-refractivity contribution in [1.82, 2.24) is 0 Å². The average Bonchev–Trinajstić information content (AvgIpc) is 3.10. The van der Waals surface area contributed by atoms with E-state index >= 15 is 0 Å². The second kappa shape index (κ2) is 6.85. The molecule has 4 nitrogen and oxygen atoms in total. The number of benzene rings is 2. The van der Waals surface area contributed by atoms with Crippen molar-refractivity contribution in [2.75, 3.05) is 19.8 Å². The number of ketones is 2. The normalized spacial score (nSPS) is 27.0. The Labute approximate surface area is 164 Å². The van der Waals surface area contributed by atoms with Crippen molar-refractivity contribution in [3.8, 4) is 5.75 Å². The first-order valence-electron chi connectivity index (χ1n) is 10.2. The molecular weight excluding hydrogens is 352 g/mol. The maximum atomic E-state index is 13.0. The van der Waals surface area contributed by atoms with Crippen LogP contribution in [0.2, 0.25) is 0 Å². The second-order valence-electron chi connectivity index (χ2n) is 8.15. The number of carbonyl (C=O) groups is 2. The van der Waals surface area contributed by atoms with Gasteiger partial charge in [-0.1, -0.05) is 37.3 Å². The van der Waals surface area contributed by atoms with E-state index < -0.39 is 0 Å². The van der Waals surface area contributed by atoms with Gasteiger partial charge < -0.3 is 9.47 Å². The molecule has 2 aromatic rings. The summed E-state index contributed by atoms with van der Waals surface area (Å²) in [4.78, 5) is 25.6. The van der Waals surface area contributed by atoms with Crippen LogP contribution in [-0.4, -0.2) is 31.4 Å². The first-order valence-corrected chi connectivity index (χ1v) is 10.2. The van der Waals surface area contributed by atoms with Crippen molar-refractivity contribution in [3.05, 3.63) is 64.7 Å². The molecule has 2 unspecified atom stereocenters. The second-order valence-corrected chi connectivity index (χ2v) is 8.15. The molecule has 0 aromatic heterocycles. The zero-order valence-corrected chi connectivity index (χ0v) is 16.0. The summed E-state index contributed by atoms with van der Waals surface area (Å²) in [6.07, 6.45) is 0.946. The Hall–Kier alpha value is -2.46. The van der Waals surface area contributed by atoms with Crippen LogP contribution in [0.4, 0.5) is 0 Å². The van der Waals surface area contributed by atoms with Gasteiger partial charge in [0.1, 0.15) is 5.75 Å². The maximum Gasteiger partial charge on any atom is 0.166 e. The lowest BCUT2D eigenvalue weighted by atomic mass is 9.88. The predicted molar refractivity (Wildman–Crippen MR) is 105 cm³/mol. The highest BCUT2D eigenvalue weighted by Gasteiger charge is 2.54. The molecule has 2 aliphatic heterocycles. The van der Waals surface area contributed by atoms with Gasteiger partial charge in [-0.05, 0) is 35.4 Å². The molecule has 0 N–H and O–H groups in total. The van der Waals surface area contributed by atoms with Gasteiger partial charge in [0.15, 0.2) is 11.6 Å². The van der Waals surface area contributed by atoms with Crippen LogP contribution in [0.5, 0.6) is 5.75 Å². The third kappa shape index (κ3) is 2.87. The van der Waals surface area contributed by atoms with Crippen LogP contribution < -0.4 is 4.74 Å². The Kier molecular flexibility index (Phi) is 4.31. The number of fused-ring (bicyclic) bond motifs is 2. The highest BCUT2D eigenvalue weighted by atomic mass is 16.5. The number of ether oxygens (including phenoxy) is 2. The molecule has 0 spiro atoms. The predicted octanol–water partition coefficient (Wildman–Crippen LogP) is 4.27. The molecule has 4 heteroatoms. The molecule has 1 aliphatic carbocycles. The van der Waals surface area contributed by atoms with Gasteiger partial charge >= 0.3 is 0 Å². The molecule has 2 aromatic carbocycles. The number of rotatable bonds is 6. The smallest absolute Gasteiger partial charge is 0.166 e. The van der Waals surface area contributed by atoms with Gasteiger partial charge in [0.25, 0.3) is 0 Å². The minimum atomic E-state index is 0.0244. The highest BCUT2D eigenvalue weighted by Crippen LogP contribution is 2.53. The van der Waals surface area contributed by atoms with Crippen LogP contribution in [0.15, 0.2) is 42.5 Å². The summed E-state index contributed by atoms with van der Waals surface area (Å²) < 4.78 is 11.4. The Morgan fingerprint density at radius 2 is 1.75 bits per heavy atom. The molecule has 0 radical (unpaired) electrons. The van der Waals surface area contributed by atoms with Gasteiger partial charge in [0.05, 0.1) is 25.4 Å². The fourth-order valence-electron chi connectivity index (χ4n) is 4.84. The van der Waals surface area contributed by atoms with Gasteiger partial charge in [0.2, 0.25) is 0 Å². The molecule has 5 rings (SSSR count). The summed E-state index contributed by atoms with van der Waals surface area (Å²) in [6, 6.07) is 13.9. The molecule has 144 valence electrons. The Bertz CT molecular complexity index is 923. The first-order chi connectivity index (χ1) is 13.7. The molecule has 1 saturated heterocycles. The molecule has 0 bridgehead atoms. The van der Waals surface area contributed by atoms with Crippen LogP contribution in [0.25, 0.3) is 0 Å². The van der Waals surface area contributed by atoms with Crippen LogP contribution >= 0.6 is 0 Å². The van der Waals surface area contributed by atoms with Crippen molar-refractivity contribution < 1.29 is 19.1 Å². The van der Waals surface area contributed by atoms with E-state index in [1.54, 1.807) is 6.07 Å². The minimum absolute atomic E-state index is 0.0244. The number of hydrogen-bond acceptors (Lipinski definition) is 4. The van der Waals surface area contributed by atoms with Crippen molar-refractivity contribution in [3.63, 3.8) is 0 Å². The van der Waals surface area contributed by atoms with Crippen molar-refractivity contribution in [1.29, 1.82) is 0 Å². The van der Waals surface area contributed by atoms with E-state index in [1.807, 2.05) is 31.2 Å². The van der Waals surface area contributed by atoms with Crippen LogP contribution in [0, 0.1) is 17.8 Å². The van der Waals surface area contributed by atoms with Crippen LogP contribution in [-0.2, 0) is 4.74 Å². The molecule has 0 amide bonds. The number of carbonyl (C=O) groups excluding carboxylic acids is 2. The molecule has 3 aliphatic rings. The van der Waals surface area contributed by atoms with Crippen molar-refractivity contribution in [2.45, 2.75) is 25.7 Å². The highest BCUT2D eigenvalue weighted by molar-refractivity contribution is 6.04. The zero-order chi connectivity index (χ0) is 19.3. The molecule has 4 atom stereocenters. The lowest BCUT2D eigenvalue weighted by Gasteiger charge is -2.13. The fraction of sp³-hybridized carbons (Fsp3) is 0.417. The number of hydrogen-bond donors (Lipinski definition) is 0. The largest absolute Gasteiger partial charge is 0.492 e. The monoisotopic (exact) mass is 376 g/mol. The molecule has 28 heavy (non-hydrogen) atoms. The zero-order valence-electron chi connectivity index (χ0n) is 16.0. The minimum Gasteiger partial charge on any atom is -0.492 e. The third-order valence-electron chi connectivity index (χ3n) is 6.58. The Morgan fingerprint density at radius 3 is 2.46 bits per heavy atom. The van der Waals surface area contributed by atoms with Crippen molar-refractivity contribution >= 4 is 11.6 Å². The third-order valence-corrected chi connectivity index (χ3v) is 6.58. The molecular formula is C24H24O4. The van der Waals surface area contributed by atoms with Crippen LogP contribution in [0.1, 0.15) is 57.5 Å². The Balaban J connectivity index is 1.50. The lowest BCUT2D eigenvalue weighted by Crippen LogP contribution is -2.09. The maximum absolute atomic E-state index is 13.0. The molecule has 2 heterocycles. The summed E-state index contributed by atoms with van der Waals surface area (Å²) >= 11 is 0. The molecule has 2 fully saturated rings. The van der Waals surface area contributed by atoms with E-state index in [4.69, 9.17) is 9.47 Å². The van der Waals surface area contributed by atoms with Crippen molar-refractivity contribution in [2.24, 2.45) is 17.8 Å². The van der Waals surface area contributed by atoms with Gasteiger partial charge in [-0.2, -0.15) is 0 Å².